The van der Waals surface area contributed by atoms with Gasteiger partial charge in [-0.25, -0.2) is 0 Å². The first-order valence-corrected chi connectivity index (χ1v) is 3.33. The van der Waals surface area contributed by atoms with Gasteiger partial charge < -0.3 is 5.11 Å². The molecule has 0 spiro atoms. The Hall–Kier alpha value is -1.12. The van der Waals surface area contributed by atoms with E-state index in [0.29, 0.717) is 0 Å². The van der Waals surface area contributed by atoms with Crippen molar-refractivity contribution in [3.05, 3.63) is 12.2 Å². The third-order valence-corrected chi connectivity index (χ3v) is 0.734. The zero-order valence-electron chi connectivity index (χ0n) is 7.13. The van der Waals surface area contributed by atoms with Crippen molar-refractivity contribution in [3.63, 3.8) is 0 Å². The molecule has 0 atom stereocenters. The average Bonchev–Trinajstić information content (AvgIpc) is 1.85. The summed E-state index contributed by atoms with van der Waals surface area (Å²) in [5, 5.41) is 7.86. The minimum absolute atomic E-state index is 0.312. The molecule has 0 rings (SSSR count). The molecule has 0 aliphatic heterocycles. The summed E-state index contributed by atoms with van der Waals surface area (Å²) in [4.78, 5) is 19.5. The standard InChI is InChI=1S/C4H6O3.C4H8/c1-3(5)2-4(6)7;1-3-4-2/h2H2,1H3,(H,6,7);3-4H,1-2H3. The Balaban J connectivity index is 0. The highest BCUT2D eigenvalue weighted by molar-refractivity contribution is 5.93. The SMILES string of the molecule is CC(=O)CC(=O)O.CC=CC. The highest BCUT2D eigenvalue weighted by atomic mass is 16.4. The van der Waals surface area contributed by atoms with E-state index in [4.69, 9.17) is 5.11 Å². The van der Waals surface area contributed by atoms with E-state index < -0.39 is 5.97 Å². The Kier molecular flexibility index (Phi) is 10.1. The number of aliphatic carboxylic acids is 1. The number of allylic oxidation sites excluding steroid dienone is 2. The van der Waals surface area contributed by atoms with Crippen LogP contribution in [0.5, 0.6) is 0 Å². The lowest BCUT2D eigenvalue weighted by Crippen LogP contribution is -2.00. The summed E-state index contributed by atoms with van der Waals surface area (Å²) in [6.45, 7) is 5.24. The van der Waals surface area contributed by atoms with Gasteiger partial charge in [-0.3, -0.25) is 9.59 Å². The van der Waals surface area contributed by atoms with E-state index in [9.17, 15) is 9.59 Å². The molecule has 0 saturated heterocycles. The number of hydrogen-bond acceptors (Lipinski definition) is 2. The van der Waals surface area contributed by atoms with Crippen LogP contribution in [0.1, 0.15) is 27.2 Å². The highest BCUT2D eigenvalue weighted by Gasteiger charge is 1.98. The summed E-state index contributed by atoms with van der Waals surface area (Å²) in [6, 6.07) is 0. The van der Waals surface area contributed by atoms with E-state index in [-0.39, 0.29) is 12.2 Å². The molecular weight excluding hydrogens is 144 g/mol. The third-order valence-electron chi connectivity index (χ3n) is 0.734. The van der Waals surface area contributed by atoms with E-state index in [1.807, 2.05) is 26.0 Å². The summed E-state index contributed by atoms with van der Waals surface area (Å²) in [5.41, 5.74) is 0. The van der Waals surface area contributed by atoms with Gasteiger partial charge in [-0.2, -0.15) is 0 Å². The number of rotatable bonds is 2. The molecule has 3 nitrogen and oxygen atoms in total. The fourth-order valence-corrected chi connectivity index (χ4v) is 0.213. The molecule has 0 saturated carbocycles. The van der Waals surface area contributed by atoms with Crippen LogP contribution in [0.25, 0.3) is 0 Å². The van der Waals surface area contributed by atoms with Gasteiger partial charge in [-0.05, 0) is 20.8 Å². The second kappa shape index (κ2) is 8.88. The average molecular weight is 158 g/mol. The molecule has 0 unspecified atom stereocenters. The van der Waals surface area contributed by atoms with Gasteiger partial charge >= 0.3 is 5.97 Å². The van der Waals surface area contributed by atoms with Crippen molar-refractivity contribution in [2.24, 2.45) is 0 Å². The van der Waals surface area contributed by atoms with Crippen molar-refractivity contribution >= 4 is 11.8 Å². The first-order valence-electron chi connectivity index (χ1n) is 3.33. The molecular formula is C8H14O3. The van der Waals surface area contributed by atoms with E-state index >= 15 is 0 Å². The lowest BCUT2D eigenvalue weighted by atomic mass is 10.3. The summed E-state index contributed by atoms with van der Waals surface area (Å²) in [6.07, 6.45) is 3.64. The Morgan fingerprint density at radius 2 is 1.64 bits per heavy atom. The van der Waals surface area contributed by atoms with Crippen molar-refractivity contribution in [1.82, 2.24) is 0 Å². The molecule has 0 aliphatic carbocycles. The largest absolute Gasteiger partial charge is 0.481 e. The zero-order valence-corrected chi connectivity index (χ0v) is 7.13. The second-order valence-electron chi connectivity index (χ2n) is 1.94. The Bertz CT molecular complexity index is 131. The number of carboxylic acids is 1. The van der Waals surface area contributed by atoms with Crippen molar-refractivity contribution < 1.29 is 14.7 Å². The van der Waals surface area contributed by atoms with Crippen LogP contribution in [0.4, 0.5) is 0 Å². The van der Waals surface area contributed by atoms with Crippen LogP contribution in [0.15, 0.2) is 12.2 Å². The second-order valence-corrected chi connectivity index (χ2v) is 1.94. The summed E-state index contributed by atoms with van der Waals surface area (Å²) in [7, 11) is 0. The van der Waals surface area contributed by atoms with Gasteiger partial charge in [0.25, 0.3) is 0 Å². The van der Waals surface area contributed by atoms with Crippen LogP contribution >= 0.6 is 0 Å². The summed E-state index contributed by atoms with van der Waals surface area (Å²) >= 11 is 0. The minimum atomic E-state index is -1.06. The fraction of sp³-hybridized carbons (Fsp3) is 0.500. The smallest absolute Gasteiger partial charge is 0.310 e. The molecule has 1 N–H and O–H groups in total. The molecule has 11 heavy (non-hydrogen) atoms. The number of carbonyl (C=O) groups excluding carboxylic acids is 1. The van der Waals surface area contributed by atoms with Crippen LogP contribution in [0.2, 0.25) is 0 Å². The topological polar surface area (TPSA) is 54.4 Å². The van der Waals surface area contributed by atoms with Crippen molar-refractivity contribution in [1.29, 1.82) is 0 Å². The molecule has 0 heterocycles. The number of ketones is 1. The van der Waals surface area contributed by atoms with Gasteiger partial charge in [0.15, 0.2) is 0 Å². The minimum Gasteiger partial charge on any atom is -0.481 e. The van der Waals surface area contributed by atoms with E-state index in [1.54, 1.807) is 0 Å². The number of carboxylic acid groups (broad SMARTS) is 1. The molecule has 0 radical (unpaired) electrons. The van der Waals surface area contributed by atoms with Gasteiger partial charge in [0.05, 0.1) is 0 Å². The molecule has 0 amide bonds. The van der Waals surface area contributed by atoms with E-state index in [0.717, 1.165) is 0 Å². The maximum Gasteiger partial charge on any atom is 0.310 e. The lowest BCUT2D eigenvalue weighted by molar-refractivity contribution is -0.139. The third kappa shape index (κ3) is 27.9. The first kappa shape index (κ1) is 12.5. The number of hydrogen-bond donors (Lipinski definition) is 1. The molecule has 0 aliphatic rings. The van der Waals surface area contributed by atoms with Gasteiger partial charge in [0.2, 0.25) is 0 Å². The van der Waals surface area contributed by atoms with Gasteiger partial charge in [-0.1, -0.05) is 12.2 Å². The first-order chi connectivity index (χ1) is 5.04. The molecule has 3 heteroatoms. The normalized spacial score (nSPS) is 8.64. The Morgan fingerprint density at radius 1 is 1.27 bits per heavy atom. The zero-order chi connectivity index (χ0) is 9.28. The maximum absolute atomic E-state index is 9.87. The van der Waals surface area contributed by atoms with Gasteiger partial charge in [0, 0.05) is 0 Å². The van der Waals surface area contributed by atoms with E-state index in [2.05, 4.69) is 0 Å². The monoisotopic (exact) mass is 158 g/mol. The highest BCUT2D eigenvalue weighted by Crippen LogP contribution is 1.77. The molecule has 0 aromatic carbocycles. The van der Waals surface area contributed by atoms with Crippen LogP contribution < -0.4 is 0 Å². The quantitative estimate of drug-likeness (QED) is 0.491. The summed E-state index contributed by atoms with van der Waals surface area (Å²) < 4.78 is 0. The lowest BCUT2D eigenvalue weighted by Gasteiger charge is -1.80. The molecule has 64 valence electrons. The van der Waals surface area contributed by atoms with Crippen molar-refractivity contribution in [2.75, 3.05) is 0 Å². The Morgan fingerprint density at radius 3 is 1.64 bits per heavy atom. The molecule has 0 fully saturated rings. The molecule has 0 aromatic rings. The van der Waals surface area contributed by atoms with E-state index in [1.165, 1.54) is 6.92 Å². The number of Topliss-reactive ketones (excluding diaryl/α,β-unsaturated/α-hetero) is 1. The van der Waals surface area contributed by atoms with Gasteiger partial charge in [-0.15, -0.1) is 0 Å². The molecule has 0 bridgehead atoms. The van der Waals surface area contributed by atoms with Crippen molar-refractivity contribution in [3.8, 4) is 0 Å². The van der Waals surface area contributed by atoms with Crippen LogP contribution in [-0.2, 0) is 9.59 Å². The van der Waals surface area contributed by atoms with Crippen LogP contribution in [0.3, 0.4) is 0 Å². The van der Waals surface area contributed by atoms with Gasteiger partial charge in [0.1, 0.15) is 12.2 Å². The summed E-state index contributed by atoms with van der Waals surface area (Å²) in [5.74, 6) is -1.37. The van der Waals surface area contributed by atoms with Crippen LogP contribution in [-0.4, -0.2) is 16.9 Å². The fourth-order valence-electron chi connectivity index (χ4n) is 0.213. The number of carbonyl (C=O) groups is 2. The Labute approximate surface area is 66.7 Å². The van der Waals surface area contributed by atoms with Crippen molar-refractivity contribution in [2.45, 2.75) is 27.2 Å². The molecule has 0 aromatic heterocycles. The van der Waals surface area contributed by atoms with Crippen LogP contribution in [0, 0.1) is 0 Å². The predicted octanol–water partition coefficient (Wildman–Crippen LogP) is 1.63. The predicted molar refractivity (Wildman–Crippen MR) is 43.4 cm³/mol. The maximum atomic E-state index is 9.87.